The van der Waals surface area contributed by atoms with Gasteiger partial charge >= 0.3 is 0 Å². The number of hydrogen-bond donors (Lipinski definition) is 0. The fraction of sp³-hybridized carbons (Fsp3) is 0.238. The summed E-state index contributed by atoms with van der Waals surface area (Å²) in [5.74, 6) is 0.650. The first-order valence-electron chi connectivity index (χ1n) is 9.01. The number of carbonyl (C=O) groups excluding carboxylic acids is 1. The van der Waals surface area contributed by atoms with Crippen molar-refractivity contribution in [2.75, 3.05) is 36.8 Å². The maximum atomic E-state index is 12.6. The zero-order chi connectivity index (χ0) is 18.5. The van der Waals surface area contributed by atoms with Gasteiger partial charge in [-0.15, -0.1) is 11.3 Å². The topological polar surface area (TPSA) is 36.4 Å². The van der Waals surface area contributed by atoms with Crippen LogP contribution in [0.25, 0.3) is 11.3 Å². The molecule has 1 aliphatic rings. The molecule has 0 bridgehead atoms. The van der Waals surface area contributed by atoms with E-state index >= 15 is 0 Å². The van der Waals surface area contributed by atoms with Crippen LogP contribution in [0.3, 0.4) is 0 Å². The molecule has 0 atom stereocenters. The molecule has 0 unspecified atom stereocenters. The third kappa shape index (κ3) is 4.51. The zero-order valence-electron chi connectivity index (χ0n) is 15.0. The van der Waals surface area contributed by atoms with Crippen LogP contribution in [0.1, 0.15) is 0 Å². The monoisotopic (exact) mass is 395 g/mol. The second-order valence-electron chi connectivity index (χ2n) is 6.36. The quantitative estimate of drug-likeness (QED) is 0.605. The maximum absolute atomic E-state index is 12.6. The lowest BCUT2D eigenvalue weighted by atomic mass is 10.2. The Morgan fingerprint density at radius 1 is 0.963 bits per heavy atom. The van der Waals surface area contributed by atoms with Gasteiger partial charge in [-0.1, -0.05) is 60.3 Å². The van der Waals surface area contributed by atoms with Gasteiger partial charge in [0.15, 0.2) is 4.34 Å². The summed E-state index contributed by atoms with van der Waals surface area (Å²) in [5, 5.41) is 2.06. The van der Waals surface area contributed by atoms with E-state index in [1.807, 2.05) is 29.2 Å². The number of benzene rings is 2. The number of rotatable bonds is 5. The molecule has 27 heavy (non-hydrogen) atoms. The van der Waals surface area contributed by atoms with Crippen LogP contribution in [-0.2, 0) is 4.79 Å². The molecule has 1 aromatic heterocycles. The highest BCUT2D eigenvalue weighted by molar-refractivity contribution is 8.01. The van der Waals surface area contributed by atoms with E-state index in [2.05, 4.69) is 51.7 Å². The van der Waals surface area contributed by atoms with Gasteiger partial charge in [-0.25, -0.2) is 4.98 Å². The highest BCUT2D eigenvalue weighted by atomic mass is 32.2. The van der Waals surface area contributed by atoms with E-state index in [1.165, 1.54) is 17.4 Å². The van der Waals surface area contributed by atoms with E-state index in [0.717, 1.165) is 41.8 Å². The van der Waals surface area contributed by atoms with Crippen molar-refractivity contribution in [1.82, 2.24) is 9.88 Å². The molecule has 3 aromatic rings. The van der Waals surface area contributed by atoms with Crippen molar-refractivity contribution >= 4 is 34.7 Å². The maximum Gasteiger partial charge on any atom is 0.233 e. The Morgan fingerprint density at radius 3 is 2.33 bits per heavy atom. The molecule has 1 aliphatic heterocycles. The van der Waals surface area contributed by atoms with Crippen molar-refractivity contribution in [3.8, 4) is 11.3 Å². The van der Waals surface area contributed by atoms with Crippen LogP contribution in [-0.4, -0.2) is 47.7 Å². The Morgan fingerprint density at radius 2 is 1.63 bits per heavy atom. The Bertz CT molecular complexity index is 875. The molecule has 1 amide bonds. The second kappa shape index (κ2) is 8.59. The number of hydrogen-bond acceptors (Lipinski definition) is 5. The number of anilines is 1. The summed E-state index contributed by atoms with van der Waals surface area (Å²) in [6, 6.07) is 20.5. The number of amides is 1. The molecule has 2 aromatic carbocycles. The first-order chi connectivity index (χ1) is 13.3. The molecule has 4 nitrogen and oxygen atoms in total. The number of piperazine rings is 1. The highest BCUT2D eigenvalue weighted by Crippen LogP contribution is 2.28. The van der Waals surface area contributed by atoms with Gasteiger partial charge in [-0.05, 0) is 12.1 Å². The second-order valence-corrected chi connectivity index (χ2v) is 8.44. The number of aromatic nitrogens is 1. The van der Waals surface area contributed by atoms with Crippen LogP contribution >= 0.6 is 23.1 Å². The van der Waals surface area contributed by atoms with Crippen LogP contribution in [0.15, 0.2) is 70.4 Å². The lowest BCUT2D eigenvalue weighted by molar-refractivity contribution is -0.128. The van der Waals surface area contributed by atoms with Crippen LogP contribution in [0.5, 0.6) is 0 Å². The van der Waals surface area contributed by atoms with Crippen molar-refractivity contribution in [3.05, 3.63) is 66.0 Å². The van der Waals surface area contributed by atoms with Crippen molar-refractivity contribution in [2.24, 2.45) is 0 Å². The molecule has 6 heteroatoms. The van der Waals surface area contributed by atoms with Gasteiger partial charge in [0.25, 0.3) is 0 Å². The van der Waals surface area contributed by atoms with Gasteiger partial charge in [0.2, 0.25) is 5.91 Å². The SMILES string of the molecule is O=C(CSc1nc(-c2ccccc2)cs1)N1CCN(c2ccccc2)CC1. The molecular formula is C21H21N3OS2. The molecule has 0 saturated carbocycles. The van der Waals surface area contributed by atoms with E-state index in [0.29, 0.717) is 5.75 Å². The summed E-state index contributed by atoms with van der Waals surface area (Å²) >= 11 is 3.14. The van der Waals surface area contributed by atoms with E-state index < -0.39 is 0 Å². The average molecular weight is 396 g/mol. The van der Waals surface area contributed by atoms with E-state index in [4.69, 9.17) is 0 Å². The lowest BCUT2D eigenvalue weighted by Crippen LogP contribution is -2.49. The summed E-state index contributed by atoms with van der Waals surface area (Å²) in [5.41, 5.74) is 3.33. The van der Waals surface area contributed by atoms with Gasteiger partial charge < -0.3 is 9.80 Å². The Kier molecular flexibility index (Phi) is 5.75. The minimum absolute atomic E-state index is 0.198. The van der Waals surface area contributed by atoms with Gasteiger partial charge in [0.05, 0.1) is 11.4 Å². The van der Waals surface area contributed by atoms with Gasteiger partial charge in [0, 0.05) is 42.8 Å². The summed E-state index contributed by atoms with van der Waals surface area (Å²) in [4.78, 5) is 21.5. The molecule has 0 aliphatic carbocycles. The van der Waals surface area contributed by atoms with Gasteiger partial charge in [0.1, 0.15) is 0 Å². The molecule has 0 N–H and O–H groups in total. The fourth-order valence-electron chi connectivity index (χ4n) is 3.13. The Labute approximate surface area is 167 Å². The molecule has 138 valence electrons. The van der Waals surface area contributed by atoms with Crippen LogP contribution in [0.2, 0.25) is 0 Å². The minimum Gasteiger partial charge on any atom is -0.368 e. The molecule has 2 heterocycles. The predicted molar refractivity (Wildman–Crippen MR) is 114 cm³/mol. The number of carbonyl (C=O) groups is 1. The number of thiazole rings is 1. The molecule has 0 spiro atoms. The van der Waals surface area contributed by atoms with Gasteiger partial charge in [-0.3, -0.25) is 4.79 Å². The average Bonchev–Trinajstić information content (AvgIpc) is 3.22. The van der Waals surface area contributed by atoms with Gasteiger partial charge in [-0.2, -0.15) is 0 Å². The fourth-order valence-corrected chi connectivity index (χ4v) is 4.87. The molecular weight excluding hydrogens is 374 g/mol. The Balaban J connectivity index is 1.27. The largest absolute Gasteiger partial charge is 0.368 e. The predicted octanol–water partition coefficient (Wildman–Crippen LogP) is 4.25. The van der Waals surface area contributed by atoms with Crippen molar-refractivity contribution in [1.29, 1.82) is 0 Å². The summed E-state index contributed by atoms with van der Waals surface area (Å²) in [6.45, 7) is 3.33. The highest BCUT2D eigenvalue weighted by Gasteiger charge is 2.21. The third-order valence-electron chi connectivity index (χ3n) is 4.63. The van der Waals surface area contributed by atoms with Crippen molar-refractivity contribution < 1.29 is 4.79 Å². The molecule has 1 fully saturated rings. The third-order valence-corrected chi connectivity index (χ3v) is 6.63. The lowest BCUT2D eigenvalue weighted by Gasteiger charge is -2.36. The van der Waals surface area contributed by atoms with E-state index in [9.17, 15) is 4.79 Å². The first kappa shape index (κ1) is 18.1. The van der Waals surface area contributed by atoms with Crippen LogP contribution < -0.4 is 4.90 Å². The van der Waals surface area contributed by atoms with E-state index in [1.54, 1.807) is 11.3 Å². The normalized spacial score (nSPS) is 14.4. The molecule has 0 radical (unpaired) electrons. The number of thioether (sulfide) groups is 1. The van der Waals surface area contributed by atoms with Crippen molar-refractivity contribution in [3.63, 3.8) is 0 Å². The standard InChI is InChI=1S/C21H21N3OS2/c25-20(24-13-11-23(12-14-24)18-9-5-2-6-10-18)16-27-21-22-19(15-26-21)17-7-3-1-4-8-17/h1-10,15H,11-14,16H2. The molecule has 1 saturated heterocycles. The number of nitrogens with zero attached hydrogens (tertiary/aromatic N) is 3. The van der Waals surface area contributed by atoms with Crippen LogP contribution in [0, 0.1) is 0 Å². The molecule has 4 rings (SSSR count). The first-order valence-corrected chi connectivity index (χ1v) is 10.9. The van der Waals surface area contributed by atoms with E-state index in [-0.39, 0.29) is 5.91 Å². The summed E-state index contributed by atoms with van der Waals surface area (Å²) in [7, 11) is 0. The minimum atomic E-state index is 0.198. The Hall–Kier alpha value is -2.31. The summed E-state index contributed by atoms with van der Waals surface area (Å²) < 4.78 is 0.949. The van der Waals surface area contributed by atoms with Crippen LogP contribution in [0.4, 0.5) is 5.69 Å². The smallest absolute Gasteiger partial charge is 0.233 e. The summed E-state index contributed by atoms with van der Waals surface area (Å²) in [6.07, 6.45) is 0. The zero-order valence-corrected chi connectivity index (χ0v) is 16.6. The van der Waals surface area contributed by atoms with Crippen molar-refractivity contribution in [2.45, 2.75) is 4.34 Å². The number of para-hydroxylation sites is 1.